The number of carbonyl (C=O) groups is 2. The van der Waals surface area contributed by atoms with E-state index in [1.807, 2.05) is 46.3 Å². The maximum absolute atomic E-state index is 14.1. The van der Waals surface area contributed by atoms with Crippen LogP contribution >= 0.6 is 0 Å². The number of aromatic nitrogens is 3. The molecule has 226 valence electrons. The number of pyridine rings is 1. The van der Waals surface area contributed by atoms with Crippen LogP contribution in [-0.2, 0) is 22.6 Å². The Morgan fingerprint density at radius 1 is 1.09 bits per heavy atom. The van der Waals surface area contributed by atoms with E-state index in [-0.39, 0.29) is 35.1 Å². The third kappa shape index (κ3) is 5.84. The Balaban J connectivity index is 1.22. The molecule has 1 fully saturated rings. The molecule has 2 amide bonds. The molecule has 2 aliphatic rings. The van der Waals surface area contributed by atoms with Crippen LogP contribution in [0.2, 0.25) is 0 Å². The highest BCUT2D eigenvalue weighted by atomic mass is 16.2. The molecule has 2 aliphatic heterocycles. The van der Waals surface area contributed by atoms with Crippen molar-refractivity contribution in [2.24, 2.45) is 11.3 Å². The molecular weight excluding hydrogens is 538 g/mol. The standard InChI is InChI=1S/C35H43N5O3/c1-21(2)26-16-24-14-25(34(43)40(20-35(3,4)5)19-29(24)28-18-36-38-32(26)28)17-31(41)39-12-10-22(11-13-39)27-15-23-8-6-7-9-30(23)37-33(27)42/h6-9,15-16,18,21-22,25H,10-14,17,19-20H2,1-5H3,(H,36,38)(H,37,42)/t25-/m0/s1. The van der Waals surface area contributed by atoms with Crippen molar-refractivity contribution >= 4 is 33.6 Å². The van der Waals surface area contributed by atoms with Crippen molar-refractivity contribution in [1.29, 1.82) is 0 Å². The molecule has 4 heterocycles. The summed E-state index contributed by atoms with van der Waals surface area (Å²) in [6.07, 6.45) is 4.10. The van der Waals surface area contributed by atoms with Gasteiger partial charge in [-0.25, -0.2) is 0 Å². The highest BCUT2D eigenvalue weighted by Crippen LogP contribution is 2.36. The van der Waals surface area contributed by atoms with Crippen LogP contribution in [0.5, 0.6) is 0 Å². The number of hydrogen-bond acceptors (Lipinski definition) is 4. The van der Waals surface area contributed by atoms with E-state index in [0.717, 1.165) is 51.3 Å². The fraction of sp³-hybridized carbons (Fsp3) is 0.486. The summed E-state index contributed by atoms with van der Waals surface area (Å²) in [7, 11) is 0. The molecular formula is C35H43N5O3. The maximum atomic E-state index is 14.1. The summed E-state index contributed by atoms with van der Waals surface area (Å²) in [6, 6.07) is 12.1. The van der Waals surface area contributed by atoms with Gasteiger partial charge in [0.1, 0.15) is 0 Å². The fourth-order valence-electron chi connectivity index (χ4n) is 7.07. The van der Waals surface area contributed by atoms with Gasteiger partial charge < -0.3 is 14.8 Å². The van der Waals surface area contributed by atoms with Gasteiger partial charge in [-0.15, -0.1) is 0 Å². The number of carbonyl (C=O) groups excluding carboxylic acids is 2. The summed E-state index contributed by atoms with van der Waals surface area (Å²) in [5, 5.41) is 9.66. The molecule has 2 N–H and O–H groups in total. The third-order valence-corrected chi connectivity index (χ3v) is 9.22. The van der Waals surface area contributed by atoms with Crippen LogP contribution in [0.1, 0.15) is 88.0 Å². The van der Waals surface area contributed by atoms with Crippen molar-refractivity contribution in [1.82, 2.24) is 25.0 Å². The zero-order valence-electron chi connectivity index (χ0n) is 26.0. The summed E-state index contributed by atoms with van der Waals surface area (Å²) < 4.78 is 0. The second kappa shape index (κ2) is 11.3. The number of piperidine rings is 1. The third-order valence-electron chi connectivity index (χ3n) is 9.22. The number of nitrogens with zero attached hydrogens (tertiary/aromatic N) is 3. The van der Waals surface area contributed by atoms with Gasteiger partial charge in [0.25, 0.3) is 5.56 Å². The van der Waals surface area contributed by atoms with E-state index in [2.05, 4.69) is 55.9 Å². The number of para-hydroxylation sites is 1. The van der Waals surface area contributed by atoms with Gasteiger partial charge in [-0.2, -0.15) is 5.10 Å². The van der Waals surface area contributed by atoms with Gasteiger partial charge in [0, 0.05) is 49.1 Å². The predicted molar refractivity (Wildman–Crippen MR) is 170 cm³/mol. The first-order chi connectivity index (χ1) is 20.5. The van der Waals surface area contributed by atoms with Gasteiger partial charge in [-0.3, -0.25) is 19.5 Å². The first kappa shape index (κ1) is 29.1. The quantitative estimate of drug-likeness (QED) is 0.308. The van der Waals surface area contributed by atoms with Crippen LogP contribution in [-0.4, -0.2) is 56.4 Å². The smallest absolute Gasteiger partial charge is 0.251 e. The number of nitrogens with one attached hydrogen (secondary N) is 2. The van der Waals surface area contributed by atoms with Crippen molar-refractivity contribution in [3.05, 3.63) is 75.2 Å². The van der Waals surface area contributed by atoms with Crippen LogP contribution in [0.4, 0.5) is 0 Å². The number of amides is 2. The summed E-state index contributed by atoms with van der Waals surface area (Å²) in [5.74, 6) is 0.0742. The summed E-state index contributed by atoms with van der Waals surface area (Å²) in [6.45, 7) is 13.1. The second-order valence-electron chi connectivity index (χ2n) is 14.1. The van der Waals surface area contributed by atoms with E-state index in [1.165, 1.54) is 5.56 Å². The van der Waals surface area contributed by atoms with Crippen LogP contribution in [0.25, 0.3) is 21.8 Å². The molecule has 1 saturated heterocycles. The highest BCUT2D eigenvalue weighted by Gasteiger charge is 2.36. The van der Waals surface area contributed by atoms with E-state index >= 15 is 0 Å². The van der Waals surface area contributed by atoms with Crippen molar-refractivity contribution in [2.75, 3.05) is 19.6 Å². The second-order valence-corrected chi connectivity index (χ2v) is 14.1. The van der Waals surface area contributed by atoms with E-state index in [4.69, 9.17) is 0 Å². The van der Waals surface area contributed by atoms with Crippen molar-refractivity contribution in [3.63, 3.8) is 0 Å². The van der Waals surface area contributed by atoms with E-state index < -0.39 is 5.92 Å². The Morgan fingerprint density at radius 3 is 2.56 bits per heavy atom. The minimum atomic E-state index is -0.415. The highest BCUT2D eigenvalue weighted by molar-refractivity contribution is 5.90. The first-order valence-electron chi connectivity index (χ1n) is 15.6. The van der Waals surface area contributed by atoms with Gasteiger partial charge >= 0.3 is 0 Å². The average Bonchev–Trinajstić information content (AvgIpc) is 3.41. The van der Waals surface area contributed by atoms with Crippen LogP contribution in [0.3, 0.4) is 0 Å². The molecule has 6 rings (SSSR count). The Kier molecular flexibility index (Phi) is 7.65. The molecule has 0 unspecified atom stereocenters. The Hall–Kier alpha value is -3.94. The zero-order valence-corrected chi connectivity index (χ0v) is 26.0. The van der Waals surface area contributed by atoms with Crippen molar-refractivity contribution < 1.29 is 9.59 Å². The van der Waals surface area contributed by atoms with Gasteiger partial charge in [0.2, 0.25) is 11.8 Å². The lowest BCUT2D eigenvalue weighted by atomic mass is 9.87. The lowest BCUT2D eigenvalue weighted by molar-refractivity contribution is -0.142. The molecule has 0 aliphatic carbocycles. The largest absolute Gasteiger partial charge is 0.343 e. The minimum absolute atomic E-state index is 0.0249. The van der Waals surface area contributed by atoms with Gasteiger partial charge in [0.15, 0.2) is 0 Å². The van der Waals surface area contributed by atoms with Crippen molar-refractivity contribution in [2.45, 2.75) is 78.7 Å². The molecule has 1 atom stereocenters. The Labute approximate surface area is 252 Å². The molecule has 4 aromatic rings. The van der Waals surface area contributed by atoms with Gasteiger partial charge in [-0.05, 0) is 70.7 Å². The molecule has 8 heteroatoms. The predicted octanol–water partition coefficient (Wildman–Crippen LogP) is 5.87. The molecule has 0 radical (unpaired) electrons. The average molecular weight is 582 g/mol. The molecule has 0 saturated carbocycles. The van der Waals surface area contributed by atoms with Crippen LogP contribution in [0, 0.1) is 11.3 Å². The lowest BCUT2D eigenvalue weighted by Gasteiger charge is -2.34. The zero-order chi connectivity index (χ0) is 30.5. The molecule has 2 aromatic heterocycles. The summed E-state index contributed by atoms with van der Waals surface area (Å²) in [5.41, 5.74) is 6.04. The number of rotatable bonds is 5. The minimum Gasteiger partial charge on any atom is -0.343 e. The van der Waals surface area contributed by atoms with Crippen LogP contribution in [0.15, 0.2) is 47.4 Å². The molecule has 2 aromatic carbocycles. The van der Waals surface area contributed by atoms with E-state index in [0.29, 0.717) is 38.5 Å². The fourth-order valence-corrected chi connectivity index (χ4v) is 7.07. The number of hydrogen-bond donors (Lipinski definition) is 2. The Bertz CT molecular complexity index is 1740. The van der Waals surface area contributed by atoms with Crippen LogP contribution < -0.4 is 5.56 Å². The van der Waals surface area contributed by atoms with Crippen molar-refractivity contribution in [3.8, 4) is 0 Å². The number of H-pyrrole nitrogens is 2. The number of fused-ring (bicyclic) bond motifs is 4. The summed E-state index contributed by atoms with van der Waals surface area (Å²) >= 11 is 0. The molecule has 8 nitrogen and oxygen atoms in total. The topological polar surface area (TPSA) is 102 Å². The lowest BCUT2D eigenvalue weighted by Crippen LogP contribution is -2.43. The monoisotopic (exact) mass is 581 g/mol. The summed E-state index contributed by atoms with van der Waals surface area (Å²) in [4.78, 5) is 47.5. The Morgan fingerprint density at radius 2 is 1.84 bits per heavy atom. The maximum Gasteiger partial charge on any atom is 0.251 e. The molecule has 0 bridgehead atoms. The van der Waals surface area contributed by atoms with E-state index in [9.17, 15) is 14.4 Å². The first-order valence-corrected chi connectivity index (χ1v) is 15.6. The molecule has 43 heavy (non-hydrogen) atoms. The molecule has 0 spiro atoms. The number of benzene rings is 2. The number of likely N-dealkylation sites (tertiary alicyclic amines) is 1. The van der Waals surface area contributed by atoms with Gasteiger partial charge in [0.05, 0.1) is 17.6 Å². The van der Waals surface area contributed by atoms with E-state index in [1.54, 1.807) is 0 Å². The SMILES string of the molecule is CC(C)c1cc2c(c3cn[nH]c13)CN(CC(C)(C)C)C(=O)[C@H](CC(=O)N1CCC(c3cc4ccccc4[nH]c3=O)CC1)C2. The normalized spacial score (nSPS) is 18.5. The number of aromatic amines is 2. The van der Waals surface area contributed by atoms with Gasteiger partial charge in [-0.1, -0.05) is 58.9 Å².